The Morgan fingerprint density at radius 1 is 1.31 bits per heavy atom. The Morgan fingerprint density at radius 3 is 2.88 bits per heavy atom. The standard InChI is InChI=1S/C21H22N2O3/c1-14-3-2-10-23(12-14)13-17-18(24)5-4-16-20(25)19(26-21(16)17)11-15-6-8-22-9-7-15/h4-9,11,14,24H,2-3,10,12-13H2,1H3/t14-/m0/s1. The molecule has 0 bridgehead atoms. The predicted octanol–water partition coefficient (Wildman–Crippen LogP) is 3.64. The summed E-state index contributed by atoms with van der Waals surface area (Å²) in [4.78, 5) is 19.0. The van der Waals surface area contributed by atoms with E-state index in [1.807, 2.05) is 12.1 Å². The number of carbonyl (C=O) groups excluding carboxylic acids is 1. The van der Waals surface area contributed by atoms with Gasteiger partial charge >= 0.3 is 0 Å². The van der Waals surface area contributed by atoms with Crippen molar-refractivity contribution in [2.45, 2.75) is 26.3 Å². The molecule has 5 heteroatoms. The molecule has 0 saturated carbocycles. The van der Waals surface area contributed by atoms with E-state index in [4.69, 9.17) is 4.74 Å². The van der Waals surface area contributed by atoms with E-state index in [1.165, 1.54) is 6.42 Å². The fraction of sp³-hybridized carbons (Fsp3) is 0.333. The van der Waals surface area contributed by atoms with Crippen LogP contribution in [0.25, 0.3) is 6.08 Å². The summed E-state index contributed by atoms with van der Waals surface area (Å²) in [6, 6.07) is 6.88. The third-order valence-electron chi connectivity index (χ3n) is 5.04. The number of aromatic nitrogens is 1. The molecule has 0 aliphatic carbocycles. The zero-order valence-electron chi connectivity index (χ0n) is 14.8. The van der Waals surface area contributed by atoms with Crippen LogP contribution in [0.15, 0.2) is 42.4 Å². The highest BCUT2D eigenvalue weighted by atomic mass is 16.5. The van der Waals surface area contributed by atoms with Crippen molar-refractivity contribution in [1.29, 1.82) is 0 Å². The second kappa shape index (κ2) is 6.92. The zero-order chi connectivity index (χ0) is 18.1. The number of phenolic OH excluding ortho intramolecular Hbond substituents is 1. The molecule has 1 N–H and O–H groups in total. The second-order valence-electron chi connectivity index (χ2n) is 7.14. The Kier molecular flexibility index (Phi) is 4.47. The summed E-state index contributed by atoms with van der Waals surface area (Å²) >= 11 is 0. The number of piperidine rings is 1. The molecule has 2 aliphatic rings. The van der Waals surface area contributed by atoms with Gasteiger partial charge in [-0.2, -0.15) is 0 Å². The van der Waals surface area contributed by atoms with Gasteiger partial charge in [0.1, 0.15) is 11.5 Å². The minimum absolute atomic E-state index is 0.148. The smallest absolute Gasteiger partial charge is 0.231 e. The van der Waals surface area contributed by atoms with Gasteiger partial charge in [0.25, 0.3) is 0 Å². The molecule has 0 unspecified atom stereocenters. The molecule has 3 heterocycles. The molecule has 134 valence electrons. The van der Waals surface area contributed by atoms with Crippen molar-refractivity contribution >= 4 is 11.9 Å². The number of allylic oxidation sites excluding steroid dienone is 1. The van der Waals surface area contributed by atoms with Gasteiger partial charge in [0.05, 0.1) is 11.1 Å². The molecular weight excluding hydrogens is 328 g/mol. The number of ketones is 1. The molecule has 1 aromatic heterocycles. The number of Topliss-reactive ketones (excluding diaryl/α,β-unsaturated/α-hetero) is 1. The fourth-order valence-electron chi connectivity index (χ4n) is 3.71. The Bertz CT molecular complexity index is 861. The molecule has 0 amide bonds. The SMILES string of the molecule is C[C@H]1CCCN(Cc2c(O)ccc3c2OC(=Cc2ccncc2)C3=O)C1. The van der Waals surface area contributed by atoms with E-state index in [2.05, 4.69) is 16.8 Å². The third kappa shape index (κ3) is 3.22. The number of aromatic hydroxyl groups is 1. The van der Waals surface area contributed by atoms with Crippen LogP contribution in [-0.2, 0) is 6.54 Å². The number of benzene rings is 1. The first kappa shape index (κ1) is 16.8. The first-order valence-electron chi connectivity index (χ1n) is 9.03. The fourth-order valence-corrected chi connectivity index (χ4v) is 3.71. The third-order valence-corrected chi connectivity index (χ3v) is 5.04. The first-order valence-corrected chi connectivity index (χ1v) is 9.03. The largest absolute Gasteiger partial charge is 0.507 e. The molecule has 1 fully saturated rings. The van der Waals surface area contributed by atoms with Crippen LogP contribution in [0.5, 0.6) is 11.5 Å². The highest BCUT2D eigenvalue weighted by Crippen LogP contribution is 2.40. The highest BCUT2D eigenvalue weighted by molar-refractivity contribution is 6.14. The Balaban J connectivity index is 1.64. The van der Waals surface area contributed by atoms with Gasteiger partial charge in [-0.15, -0.1) is 0 Å². The maximum atomic E-state index is 12.7. The molecule has 26 heavy (non-hydrogen) atoms. The zero-order valence-corrected chi connectivity index (χ0v) is 14.8. The molecule has 1 saturated heterocycles. The highest BCUT2D eigenvalue weighted by Gasteiger charge is 2.32. The number of hydrogen-bond acceptors (Lipinski definition) is 5. The van der Waals surface area contributed by atoms with Crippen molar-refractivity contribution in [2.75, 3.05) is 13.1 Å². The molecule has 0 spiro atoms. The van der Waals surface area contributed by atoms with Crippen LogP contribution in [0.1, 0.15) is 41.3 Å². The minimum Gasteiger partial charge on any atom is -0.507 e. The van der Waals surface area contributed by atoms with Gasteiger partial charge in [0.15, 0.2) is 5.76 Å². The molecule has 2 aromatic rings. The first-order chi connectivity index (χ1) is 12.6. The topological polar surface area (TPSA) is 62.7 Å². The number of hydrogen-bond donors (Lipinski definition) is 1. The normalized spacial score (nSPS) is 21.7. The van der Waals surface area contributed by atoms with Gasteiger partial charge in [0.2, 0.25) is 5.78 Å². The quantitative estimate of drug-likeness (QED) is 0.857. The summed E-state index contributed by atoms with van der Waals surface area (Å²) in [6.07, 6.45) is 7.46. The number of rotatable bonds is 3. The Labute approximate surface area is 152 Å². The summed E-state index contributed by atoms with van der Waals surface area (Å²) < 4.78 is 5.91. The van der Waals surface area contributed by atoms with Gasteiger partial charge in [0, 0.05) is 25.5 Å². The van der Waals surface area contributed by atoms with Crippen LogP contribution in [0, 0.1) is 5.92 Å². The molecule has 1 aromatic carbocycles. The van der Waals surface area contributed by atoms with E-state index < -0.39 is 0 Å². The molecule has 4 rings (SSSR count). The summed E-state index contributed by atoms with van der Waals surface area (Å²) in [5, 5.41) is 10.4. The van der Waals surface area contributed by atoms with Crippen LogP contribution in [0.2, 0.25) is 0 Å². The lowest BCUT2D eigenvalue weighted by atomic mass is 9.99. The van der Waals surface area contributed by atoms with Crippen molar-refractivity contribution in [1.82, 2.24) is 9.88 Å². The predicted molar refractivity (Wildman–Crippen MR) is 99.0 cm³/mol. The van der Waals surface area contributed by atoms with Crippen molar-refractivity contribution < 1.29 is 14.6 Å². The number of ether oxygens (including phenoxy) is 1. The number of fused-ring (bicyclic) bond motifs is 1. The molecule has 0 radical (unpaired) electrons. The lowest BCUT2D eigenvalue weighted by Gasteiger charge is -2.31. The summed E-state index contributed by atoms with van der Waals surface area (Å²) in [6.45, 7) is 4.84. The van der Waals surface area contributed by atoms with Crippen LogP contribution in [0.3, 0.4) is 0 Å². The average Bonchev–Trinajstić information content (AvgIpc) is 2.95. The Morgan fingerprint density at radius 2 is 2.12 bits per heavy atom. The van der Waals surface area contributed by atoms with E-state index in [9.17, 15) is 9.90 Å². The maximum Gasteiger partial charge on any atom is 0.231 e. The Hall–Kier alpha value is -2.66. The van der Waals surface area contributed by atoms with Gasteiger partial charge in [-0.05, 0) is 61.2 Å². The number of phenols is 1. The molecule has 2 aliphatic heterocycles. The van der Waals surface area contributed by atoms with Gasteiger partial charge in [-0.25, -0.2) is 0 Å². The van der Waals surface area contributed by atoms with Crippen LogP contribution >= 0.6 is 0 Å². The number of carbonyl (C=O) groups is 1. The minimum atomic E-state index is -0.148. The van der Waals surface area contributed by atoms with E-state index >= 15 is 0 Å². The van der Waals surface area contributed by atoms with Gasteiger partial charge in [-0.3, -0.25) is 14.7 Å². The second-order valence-corrected chi connectivity index (χ2v) is 7.14. The van der Waals surface area contributed by atoms with E-state index in [-0.39, 0.29) is 17.3 Å². The van der Waals surface area contributed by atoms with Gasteiger partial charge < -0.3 is 9.84 Å². The number of likely N-dealkylation sites (tertiary alicyclic amines) is 1. The maximum absolute atomic E-state index is 12.7. The average molecular weight is 350 g/mol. The summed E-state index contributed by atoms with van der Waals surface area (Å²) in [5.41, 5.74) is 2.07. The summed E-state index contributed by atoms with van der Waals surface area (Å²) in [7, 11) is 0. The van der Waals surface area contributed by atoms with E-state index in [0.29, 0.717) is 29.3 Å². The van der Waals surface area contributed by atoms with E-state index in [1.54, 1.807) is 30.6 Å². The lowest BCUT2D eigenvalue weighted by Crippen LogP contribution is -2.33. The molecular formula is C21H22N2O3. The monoisotopic (exact) mass is 350 g/mol. The van der Waals surface area contributed by atoms with Crippen LogP contribution < -0.4 is 4.74 Å². The molecule has 1 atom stereocenters. The van der Waals surface area contributed by atoms with Crippen LogP contribution in [-0.4, -0.2) is 33.9 Å². The lowest BCUT2D eigenvalue weighted by molar-refractivity contribution is 0.101. The number of pyridine rings is 1. The van der Waals surface area contributed by atoms with Crippen LogP contribution in [0.4, 0.5) is 0 Å². The van der Waals surface area contributed by atoms with Gasteiger partial charge in [-0.1, -0.05) is 6.92 Å². The van der Waals surface area contributed by atoms with E-state index in [0.717, 1.165) is 25.1 Å². The molecule has 5 nitrogen and oxygen atoms in total. The van der Waals surface area contributed by atoms with Crippen molar-refractivity contribution in [3.63, 3.8) is 0 Å². The van der Waals surface area contributed by atoms with Crippen molar-refractivity contribution in [3.8, 4) is 11.5 Å². The van der Waals surface area contributed by atoms with Crippen molar-refractivity contribution in [3.05, 3.63) is 59.1 Å². The number of nitrogens with zero attached hydrogens (tertiary/aromatic N) is 2. The summed E-state index contributed by atoms with van der Waals surface area (Å²) in [5.74, 6) is 1.45. The van der Waals surface area contributed by atoms with Crippen molar-refractivity contribution in [2.24, 2.45) is 5.92 Å².